The lowest BCUT2D eigenvalue weighted by Crippen LogP contribution is -2.27. The van der Waals surface area contributed by atoms with E-state index in [0.717, 1.165) is 42.5 Å². The molecule has 0 radical (unpaired) electrons. The van der Waals surface area contributed by atoms with E-state index in [0.29, 0.717) is 11.4 Å². The molecule has 0 fully saturated rings. The standard InChI is InChI=1S/C42H29N7O13S4/c50-42-31-12-9-26(43-25-5-2-1-3-6-25)19-24(31)20-40(66(60,61)62)41(42)49-48-39-18-16-37(33-14-11-30(23-35(33)39)65(57,58)59)47-46-36-15-17-38(34-22-29(64(54,55)56)10-13-32(34)36)45-44-27-7-4-8-28(21-27)63(51,52)53/h1-23,43,48H,(H,51,52,53)(H,54,55,56)(H,57,58,59)(H,60,61,62)/b45-44?,47-46?,49-41-. The van der Waals surface area contributed by atoms with Crippen molar-refractivity contribution in [2.75, 3.05) is 10.7 Å². The Morgan fingerprint density at radius 3 is 1.64 bits per heavy atom. The predicted octanol–water partition coefficient (Wildman–Crippen LogP) is 9.20. The predicted molar refractivity (Wildman–Crippen MR) is 243 cm³/mol. The zero-order valence-electron chi connectivity index (χ0n) is 33.1. The highest BCUT2D eigenvalue weighted by molar-refractivity contribution is 7.91. The first-order valence-electron chi connectivity index (χ1n) is 18.7. The molecular formula is C42H29N7O13S4. The van der Waals surface area contributed by atoms with Gasteiger partial charge >= 0.3 is 0 Å². The molecule has 1 aliphatic rings. The van der Waals surface area contributed by atoms with E-state index in [1.54, 1.807) is 30.3 Å². The van der Waals surface area contributed by atoms with Gasteiger partial charge in [-0.3, -0.25) is 28.4 Å². The average molecular weight is 968 g/mol. The molecule has 8 rings (SSSR count). The van der Waals surface area contributed by atoms with E-state index in [2.05, 4.69) is 36.3 Å². The normalized spacial score (nSPS) is 14.3. The third kappa shape index (κ3) is 9.65. The number of hydrogen-bond acceptors (Lipinski definition) is 16. The van der Waals surface area contributed by atoms with Crippen LogP contribution in [0.1, 0.15) is 15.9 Å². The van der Waals surface area contributed by atoms with E-state index in [9.17, 15) is 56.7 Å². The molecule has 0 aromatic heterocycles. The highest BCUT2D eigenvalue weighted by atomic mass is 32.2. The minimum absolute atomic E-state index is 0.0124. The Morgan fingerprint density at radius 1 is 0.455 bits per heavy atom. The number of hydrazone groups is 1. The molecule has 0 heterocycles. The smallest absolute Gasteiger partial charge is 0.296 e. The van der Waals surface area contributed by atoms with Crippen molar-refractivity contribution >= 4 is 119 Å². The van der Waals surface area contributed by atoms with Gasteiger partial charge in [-0.2, -0.15) is 43.9 Å². The van der Waals surface area contributed by atoms with Gasteiger partial charge in [0.25, 0.3) is 40.5 Å². The van der Waals surface area contributed by atoms with Gasteiger partial charge in [-0.05, 0) is 109 Å². The summed E-state index contributed by atoms with van der Waals surface area (Å²) in [6, 6.07) is 31.0. The third-order valence-electron chi connectivity index (χ3n) is 9.82. The van der Waals surface area contributed by atoms with E-state index in [1.807, 2.05) is 6.07 Å². The maximum Gasteiger partial charge on any atom is 0.296 e. The van der Waals surface area contributed by atoms with Crippen LogP contribution in [0.25, 0.3) is 27.6 Å². The van der Waals surface area contributed by atoms with Gasteiger partial charge in [0.2, 0.25) is 5.78 Å². The van der Waals surface area contributed by atoms with Crippen molar-refractivity contribution < 1.29 is 56.7 Å². The van der Waals surface area contributed by atoms with Gasteiger partial charge in [-0.25, -0.2) is 0 Å². The number of ketones is 1. The fraction of sp³-hybridized carbons (Fsp3) is 0. The number of nitrogens with zero attached hydrogens (tertiary/aromatic N) is 5. The number of fused-ring (bicyclic) bond motifs is 3. The number of rotatable bonds is 12. The fourth-order valence-corrected chi connectivity index (χ4v) is 8.93. The first-order valence-corrected chi connectivity index (χ1v) is 24.4. The molecule has 1 aliphatic carbocycles. The van der Waals surface area contributed by atoms with Gasteiger partial charge in [0.15, 0.2) is 5.71 Å². The second kappa shape index (κ2) is 17.2. The second-order valence-corrected chi connectivity index (χ2v) is 19.8. The number of nitrogens with one attached hydrogen (secondary N) is 2. The number of benzene rings is 7. The van der Waals surface area contributed by atoms with Crippen LogP contribution in [0.2, 0.25) is 0 Å². The minimum atomic E-state index is -5.06. The minimum Gasteiger partial charge on any atom is -0.356 e. The summed E-state index contributed by atoms with van der Waals surface area (Å²) >= 11 is 0. The van der Waals surface area contributed by atoms with Crippen LogP contribution in [0.5, 0.6) is 0 Å². The molecule has 334 valence electrons. The van der Waals surface area contributed by atoms with Crippen LogP contribution in [0.3, 0.4) is 0 Å². The molecule has 0 saturated heterocycles. The number of allylic oxidation sites excluding steroid dienone is 1. The highest BCUT2D eigenvalue weighted by Gasteiger charge is 2.33. The SMILES string of the molecule is O=C1/C(=N\Nc2ccc(N=Nc3ccc(N=Nc4cccc(S(=O)(=O)O)c4)c4cc(S(=O)(=O)O)ccc34)c3ccc(S(=O)(=O)O)cc23)C(S(=O)(=O)O)=Cc2cc(Nc3ccccc3)ccc21. The Bertz CT molecular complexity index is 3790. The molecule has 0 saturated carbocycles. The van der Waals surface area contributed by atoms with Gasteiger partial charge < -0.3 is 5.32 Å². The summed E-state index contributed by atoms with van der Waals surface area (Å²) in [5.41, 5.74) is 3.60. The third-order valence-corrected chi connectivity index (χ3v) is 13.2. The van der Waals surface area contributed by atoms with Crippen molar-refractivity contribution in [3.63, 3.8) is 0 Å². The van der Waals surface area contributed by atoms with Crippen molar-refractivity contribution in [1.29, 1.82) is 0 Å². The van der Waals surface area contributed by atoms with Crippen molar-refractivity contribution in [3.8, 4) is 0 Å². The van der Waals surface area contributed by atoms with E-state index in [-0.39, 0.29) is 61.1 Å². The lowest BCUT2D eigenvalue weighted by Gasteiger charge is -2.18. The topological polar surface area (TPSA) is 320 Å². The zero-order chi connectivity index (χ0) is 47.2. The van der Waals surface area contributed by atoms with Gasteiger partial charge in [0, 0.05) is 38.5 Å². The van der Waals surface area contributed by atoms with Gasteiger partial charge in [0.1, 0.15) is 4.91 Å². The molecule has 0 unspecified atom stereocenters. The Labute approximate surface area is 374 Å². The highest BCUT2D eigenvalue weighted by Crippen LogP contribution is 2.39. The largest absolute Gasteiger partial charge is 0.356 e. The Morgan fingerprint density at radius 2 is 1.02 bits per heavy atom. The quantitative estimate of drug-likeness (QED) is 0.0377. The summed E-state index contributed by atoms with van der Waals surface area (Å²) < 4.78 is 137. The number of azo groups is 2. The van der Waals surface area contributed by atoms with Gasteiger partial charge in [-0.15, -0.1) is 15.3 Å². The van der Waals surface area contributed by atoms with Crippen molar-refractivity contribution in [1.82, 2.24) is 0 Å². The molecule has 24 heteroatoms. The number of carbonyl (C=O) groups excluding carboxylic acids is 1. The monoisotopic (exact) mass is 967 g/mol. The molecule has 0 spiro atoms. The van der Waals surface area contributed by atoms with E-state index < -0.39 is 71.6 Å². The van der Waals surface area contributed by atoms with Gasteiger partial charge in [0.05, 0.1) is 43.1 Å². The number of anilines is 3. The Kier molecular flexibility index (Phi) is 11.8. The van der Waals surface area contributed by atoms with Crippen LogP contribution >= 0.6 is 0 Å². The molecule has 20 nitrogen and oxygen atoms in total. The summed E-state index contributed by atoms with van der Waals surface area (Å²) in [5, 5.41) is 24.6. The van der Waals surface area contributed by atoms with Gasteiger partial charge in [-0.1, -0.05) is 36.4 Å². The van der Waals surface area contributed by atoms with Crippen LogP contribution in [0, 0.1) is 0 Å². The van der Waals surface area contributed by atoms with Crippen LogP contribution in [-0.2, 0) is 40.5 Å². The number of hydrogen-bond donors (Lipinski definition) is 6. The second-order valence-electron chi connectivity index (χ2n) is 14.2. The molecule has 66 heavy (non-hydrogen) atoms. The number of Topliss-reactive ketones (excluding diaryl/α,β-unsaturated/α-hetero) is 1. The summed E-state index contributed by atoms with van der Waals surface area (Å²) in [6.07, 6.45) is 1.08. The number of para-hydroxylation sites is 1. The molecule has 6 N–H and O–H groups in total. The summed E-state index contributed by atoms with van der Waals surface area (Å²) in [5.74, 6) is -0.873. The maximum absolute atomic E-state index is 13.8. The summed E-state index contributed by atoms with van der Waals surface area (Å²) in [7, 11) is -19.1. The molecule has 7 aromatic carbocycles. The first kappa shape index (κ1) is 45.2. The molecule has 7 aromatic rings. The van der Waals surface area contributed by atoms with Crippen LogP contribution in [0.15, 0.2) is 179 Å². The van der Waals surface area contributed by atoms with Crippen LogP contribution in [0.4, 0.5) is 39.8 Å². The first-order chi connectivity index (χ1) is 31.1. The fourth-order valence-electron chi connectivity index (χ4n) is 6.74. The van der Waals surface area contributed by atoms with Crippen molar-refractivity contribution in [2.24, 2.45) is 25.6 Å². The van der Waals surface area contributed by atoms with Crippen molar-refractivity contribution in [2.45, 2.75) is 14.7 Å². The summed E-state index contributed by atoms with van der Waals surface area (Å²) in [4.78, 5) is 11.4. The molecular weight excluding hydrogens is 939 g/mol. The Balaban J connectivity index is 1.17. The van der Waals surface area contributed by atoms with E-state index >= 15 is 0 Å². The maximum atomic E-state index is 13.8. The summed E-state index contributed by atoms with van der Waals surface area (Å²) in [6.45, 7) is 0. The Hall–Kier alpha value is -7.42. The molecule has 0 aliphatic heterocycles. The molecule has 0 amide bonds. The van der Waals surface area contributed by atoms with Crippen LogP contribution < -0.4 is 10.7 Å². The van der Waals surface area contributed by atoms with Crippen molar-refractivity contribution in [3.05, 3.63) is 149 Å². The van der Waals surface area contributed by atoms with E-state index in [4.69, 9.17) is 0 Å². The lowest BCUT2D eigenvalue weighted by atomic mass is 9.94. The molecule has 0 bridgehead atoms. The van der Waals surface area contributed by atoms with E-state index in [1.165, 1.54) is 60.7 Å². The average Bonchev–Trinajstić information content (AvgIpc) is 3.26. The number of carbonyl (C=O) groups is 1. The molecule has 0 atom stereocenters. The van der Waals surface area contributed by atoms with Crippen LogP contribution in [-0.4, -0.2) is 63.4 Å². The lowest BCUT2D eigenvalue weighted by molar-refractivity contribution is 0.106. The zero-order valence-corrected chi connectivity index (χ0v) is 36.4.